The predicted octanol–water partition coefficient (Wildman–Crippen LogP) is 4.77. The Morgan fingerprint density at radius 2 is 1.87 bits per heavy atom. The molecule has 0 aliphatic heterocycles. The second-order valence-electron chi connectivity index (χ2n) is 8.57. The van der Waals surface area contributed by atoms with Gasteiger partial charge in [0, 0.05) is 18.0 Å². The van der Waals surface area contributed by atoms with Crippen LogP contribution in [0.2, 0.25) is 0 Å². The van der Waals surface area contributed by atoms with Crippen LogP contribution in [0.4, 0.5) is 8.78 Å². The Morgan fingerprint density at radius 3 is 2.52 bits per heavy atom. The Bertz CT molecular complexity index is 1190. The first-order valence-electron chi connectivity index (χ1n) is 10.6. The van der Waals surface area contributed by atoms with Gasteiger partial charge in [0.1, 0.15) is 5.69 Å². The number of amides is 1. The van der Waals surface area contributed by atoms with Gasteiger partial charge in [0.05, 0.1) is 10.9 Å². The molecule has 162 valence electrons. The van der Waals surface area contributed by atoms with Crippen LogP contribution < -0.4 is 11.2 Å². The summed E-state index contributed by atoms with van der Waals surface area (Å²) in [7, 11) is 0. The van der Waals surface area contributed by atoms with E-state index in [-0.39, 0.29) is 22.4 Å². The standard InChI is InChI=1S/C15H17N3O2.C9H8F2/c1-8-2-3-9(6-8)11-7-12(19)13-10(18-11)4-5-17-14(13)15(16)20;10-8-3-1-2-7(9(8)11)6-4-5-6/h4-5,7-9H,2-3,6H2,1H3,(H2,16,20)(H,18,19);1-3,6H,4-5H2. The number of aromatic amines is 1. The predicted molar refractivity (Wildman–Crippen MR) is 115 cm³/mol. The summed E-state index contributed by atoms with van der Waals surface area (Å²) in [6.07, 6.45) is 6.87. The summed E-state index contributed by atoms with van der Waals surface area (Å²) in [5, 5.41) is 0.287. The molecular weight excluding hydrogens is 400 g/mol. The lowest BCUT2D eigenvalue weighted by atomic mass is 10.0. The molecule has 0 bridgehead atoms. The highest BCUT2D eigenvalue weighted by Gasteiger charge is 2.27. The van der Waals surface area contributed by atoms with Gasteiger partial charge in [-0.1, -0.05) is 25.5 Å². The summed E-state index contributed by atoms with van der Waals surface area (Å²) in [5.41, 5.74) is 7.26. The Balaban J connectivity index is 0.000000177. The fourth-order valence-electron chi connectivity index (χ4n) is 4.35. The van der Waals surface area contributed by atoms with E-state index in [0.29, 0.717) is 22.9 Å². The number of carbonyl (C=O) groups is 1. The minimum absolute atomic E-state index is 0.0371. The van der Waals surface area contributed by atoms with Crippen molar-refractivity contribution in [1.82, 2.24) is 9.97 Å². The molecule has 31 heavy (non-hydrogen) atoms. The SMILES string of the molecule is CC1CCC(c2cc(=O)c3c(C(N)=O)nccc3[nH]2)C1.Fc1cccc(C2CC2)c1F. The molecule has 1 aromatic carbocycles. The van der Waals surface area contributed by atoms with Crippen LogP contribution in [-0.2, 0) is 0 Å². The summed E-state index contributed by atoms with van der Waals surface area (Å²) in [4.78, 5) is 30.8. The summed E-state index contributed by atoms with van der Waals surface area (Å²) >= 11 is 0. The molecule has 1 amide bonds. The number of pyridine rings is 2. The van der Waals surface area contributed by atoms with Gasteiger partial charge in [0.2, 0.25) is 0 Å². The summed E-state index contributed by atoms with van der Waals surface area (Å²) in [5.74, 6) is -0.691. The zero-order chi connectivity index (χ0) is 22.1. The van der Waals surface area contributed by atoms with Gasteiger partial charge in [-0.05, 0) is 61.1 Å². The second kappa shape index (κ2) is 8.57. The molecule has 5 rings (SSSR count). The van der Waals surface area contributed by atoms with E-state index in [2.05, 4.69) is 16.9 Å². The number of hydrogen-bond donors (Lipinski definition) is 2. The number of fused-ring (bicyclic) bond motifs is 1. The number of hydrogen-bond acceptors (Lipinski definition) is 3. The number of benzene rings is 1. The van der Waals surface area contributed by atoms with Crippen molar-refractivity contribution in [3.05, 3.63) is 75.3 Å². The summed E-state index contributed by atoms with van der Waals surface area (Å²) in [6, 6.07) is 7.69. The molecule has 2 heterocycles. The summed E-state index contributed by atoms with van der Waals surface area (Å²) in [6.45, 7) is 2.23. The molecule has 0 spiro atoms. The molecule has 2 saturated carbocycles. The monoisotopic (exact) mass is 425 g/mol. The number of nitrogens with two attached hydrogens (primary N) is 1. The third-order valence-electron chi connectivity index (χ3n) is 6.13. The van der Waals surface area contributed by atoms with Crippen LogP contribution in [0.15, 0.2) is 41.3 Å². The third-order valence-corrected chi connectivity index (χ3v) is 6.13. The van der Waals surface area contributed by atoms with Crippen molar-refractivity contribution >= 4 is 16.8 Å². The van der Waals surface area contributed by atoms with Crippen LogP contribution in [-0.4, -0.2) is 15.9 Å². The second-order valence-corrected chi connectivity index (χ2v) is 8.57. The minimum Gasteiger partial charge on any atom is -0.364 e. The molecule has 0 saturated heterocycles. The van der Waals surface area contributed by atoms with Crippen molar-refractivity contribution in [3.8, 4) is 0 Å². The normalized spacial score (nSPS) is 20.4. The van der Waals surface area contributed by atoms with Crippen molar-refractivity contribution in [2.24, 2.45) is 11.7 Å². The number of halogens is 2. The molecule has 3 N–H and O–H groups in total. The smallest absolute Gasteiger partial charge is 0.268 e. The maximum Gasteiger partial charge on any atom is 0.268 e. The largest absolute Gasteiger partial charge is 0.364 e. The van der Waals surface area contributed by atoms with E-state index >= 15 is 0 Å². The molecular formula is C24H25F2N3O2. The zero-order valence-corrected chi connectivity index (χ0v) is 17.3. The average molecular weight is 425 g/mol. The van der Waals surface area contributed by atoms with Crippen LogP contribution in [0.25, 0.3) is 10.9 Å². The lowest BCUT2D eigenvalue weighted by molar-refractivity contribution is 0.0997. The average Bonchev–Trinajstić information content (AvgIpc) is 3.49. The Kier molecular flexibility index (Phi) is 5.85. The van der Waals surface area contributed by atoms with Crippen molar-refractivity contribution in [2.45, 2.75) is 50.9 Å². The molecule has 2 aliphatic carbocycles. The maximum absolute atomic E-state index is 12.9. The van der Waals surface area contributed by atoms with Gasteiger partial charge in [-0.2, -0.15) is 0 Å². The van der Waals surface area contributed by atoms with Crippen LogP contribution in [0.1, 0.15) is 72.6 Å². The van der Waals surface area contributed by atoms with Crippen molar-refractivity contribution in [3.63, 3.8) is 0 Å². The van der Waals surface area contributed by atoms with E-state index < -0.39 is 17.5 Å². The molecule has 2 aliphatic rings. The minimum atomic E-state index is -0.727. The van der Waals surface area contributed by atoms with Gasteiger partial charge in [-0.25, -0.2) is 8.78 Å². The molecule has 2 unspecified atom stereocenters. The molecule has 2 fully saturated rings. The van der Waals surface area contributed by atoms with Gasteiger partial charge in [-0.15, -0.1) is 0 Å². The number of carbonyl (C=O) groups excluding carboxylic acids is 1. The van der Waals surface area contributed by atoms with Crippen LogP contribution in [0.3, 0.4) is 0 Å². The first kappa shape index (κ1) is 21.2. The Hall–Kier alpha value is -3.09. The van der Waals surface area contributed by atoms with Gasteiger partial charge >= 0.3 is 0 Å². The molecule has 3 aromatic rings. The quantitative estimate of drug-likeness (QED) is 0.634. The van der Waals surface area contributed by atoms with Crippen molar-refractivity contribution in [2.75, 3.05) is 0 Å². The molecule has 5 nitrogen and oxygen atoms in total. The lowest BCUT2D eigenvalue weighted by Gasteiger charge is -2.11. The van der Waals surface area contributed by atoms with Crippen LogP contribution >= 0.6 is 0 Å². The number of H-pyrrole nitrogens is 1. The van der Waals surface area contributed by atoms with E-state index in [1.54, 1.807) is 24.3 Å². The highest BCUT2D eigenvalue weighted by atomic mass is 19.2. The molecule has 2 atom stereocenters. The van der Waals surface area contributed by atoms with Crippen LogP contribution in [0, 0.1) is 17.6 Å². The zero-order valence-electron chi connectivity index (χ0n) is 17.3. The van der Waals surface area contributed by atoms with E-state index in [4.69, 9.17) is 5.73 Å². The maximum atomic E-state index is 12.9. The number of nitrogens with one attached hydrogen (secondary N) is 1. The van der Waals surface area contributed by atoms with Crippen molar-refractivity contribution in [1.29, 1.82) is 0 Å². The van der Waals surface area contributed by atoms with E-state index in [9.17, 15) is 18.4 Å². The summed E-state index contributed by atoms with van der Waals surface area (Å²) < 4.78 is 25.5. The fraction of sp³-hybridized carbons (Fsp3) is 0.375. The first-order valence-corrected chi connectivity index (χ1v) is 10.6. The number of primary amides is 1. The highest BCUT2D eigenvalue weighted by Crippen LogP contribution is 2.41. The first-order chi connectivity index (χ1) is 14.8. The molecule has 0 radical (unpaired) electrons. The van der Waals surface area contributed by atoms with Crippen molar-refractivity contribution < 1.29 is 13.6 Å². The van der Waals surface area contributed by atoms with Gasteiger partial charge in [-0.3, -0.25) is 14.6 Å². The highest BCUT2D eigenvalue weighted by molar-refractivity contribution is 6.03. The number of aromatic nitrogens is 2. The number of nitrogens with zero attached hydrogens (tertiary/aromatic N) is 1. The Morgan fingerprint density at radius 1 is 1.13 bits per heavy atom. The number of rotatable bonds is 3. The Labute approximate surface area is 178 Å². The van der Waals surface area contributed by atoms with Crippen LogP contribution in [0.5, 0.6) is 0 Å². The topological polar surface area (TPSA) is 88.8 Å². The van der Waals surface area contributed by atoms with E-state index in [1.807, 2.05) is 0 Å². The molecule has 7 heteroatoms. The van der Waals surface area contributed by atoms with E-state index in [1.165, 1.54) is 12.6 Å². The fourth-order valence-corrected chi connectivity index (χ4v) is 4.35. The molecule has 2 aromatic heterocycles. The van der Waals surface area contributed by atoms with Gasteiger partial charge in [0.15, 0.2) is 17.1 Å². The van der Waals surface area contributed by atoms with Gasteiger partial charge < -0.3 is 10.7 Å². The third kappa shape index (κ3) is 4.50. The van der Waals surface area contributed by atoms with Gasteiger partial charge in [0.25, 0.3) is 5.91 Å². The van der Waals surface area contributed by atoms with E-state index in [0.717, 1.165) is 37.4 Å². The lowest BCUT2D eigenvalue weighted by Crippen LogP contribution is -2.18.